The fourth-order valence-corrected chi connectivity index (χ4v) is 5.51. The minimum atomic E-state index is -1.53. The van der Waals surface area contributed by atoms with Crippen LogP contribution in [0.15, 0.2) is 73.1 Å². The Hall–Kier alpha value is -2.99. The molecule has 0 aliphatic heterocycles. The molecule has 0 aliphatic rings. The Labute approximate surface area is 164 Å². The summed E-state index contributed by atoms with van der Waals surface area (Å²) >= 11 is 1.59. The van der Waals surface area contributed by atoms with Crippen molar-refractivity contribution in [1.29, 1.82) is 0 Å². The molecule has 0 bridgehead atoms. The highest BCUT2D eigenvalue weighted by Crippen LogP contribution is 2.41. The molecular weight excluding hydrogens is 365 g/mol. The number of hydrogen-bond donors (Lipinski definition) is 2. The molecule has 0 amide bonds. The minimum absolute atomic E-state index is 0.456. The van der Waals surface area contributed by atoms with E-state index in [9.17, 15) is 10.0 Å². The lowest BCUT2D eigenvalue weighted by Gasteiger charge is -2.10. The fraction of sp³-hybridized carbons (Fsp3) is 0. The summed E-state index contributed by atoms with van der Waals surface area (Å²) in [4.78, 5) is 4.24. The van der Waals surface area contributed by atoms with Crippen LogP contribution in [0.1, 0.15) is 0 Å². The van der Waals surface area contributed by atoms with Crippen LogP contribution in [-0.4, -0.2) is 22.2 Å². The molecular formula is C23H14BNO2S. The standard InChI is InChI=1S/C23H14BNO2S/c26-24(27)21-12-25-11-20-19-9-17-15-7-3-1-5-13(15)14-6-2-4-8-16(14)18(17)10-22(19)28-23(20)21/h1-12,26-27H. The maximum atomic E-state index is 9.74. The number of thiophene rings is 1. The Bertz CT molecular complexity index is 1550. The molecule has 2 aromatic heterocycles. The van der Waals surface area contributed by atoms with Crippen molar-refractivity contribution in [1.82, 2.24) is 4.98 Å². The van der Waals surface area contributed by atoms with Crippen molar-refractivity contribution < 1.29 is 10.0 Å². The molecule has 0 spiro atoms. The monoisotopic (exact) mass is 379 g/mol. The van der Waals surface area contributed by atoms with Crippen LogP contribution in [0.2, 0.25) is 0 Å². The second-order valence-corrected chi connectivity index (χ2v) is 8.12. The van der Waals surface area contributed by atoms with Crippen molar-refractivity contribution in [3.63, 3.8) is 0 Å². The van der Waals surface area contributed by atoms with Gasteiger partial charge in [-0.3, -0.25) is 4.98 Å². The van der Waals surface area contributed by atoms with Gasteiger partial charge in [0.2, 0.25) is 0 Å². The zero-order valence-corrected chi connectivity index (χ0v) is 15.6. The van der Waals surface area contributed by atoms with E-state index in [1.54, 1.807) is 11.3 Å². The van der Waals surface area contributed by atoms with Gasteiger partial charge in [-0.2, -0.15) is 0 Å². The van der Waals surface area contributed by atoms with Crippen molar-refractivity contribution in [2.45, 2.75) is 0 Å². The van der Waals surface area contributed by atoms with Gasteiger partial charge in [0, 0.05) is 38.0 Å². The molecule has 6 rings (SSSR count). The highest BCUT2D eigenvalue weighted by Gasteiger charge is 2.19. The SMILES string of the molecule is OB(O)c1cncc2c1sc1cc3c4ccccc4c4ccccc4c3cc12. The Balaban J connectivity index is 1.88. The topological polar surface area (TPSA) is 53.4 Å². The number of aromatic nitrogens is 1. The number of rotatable bonds is 1. The zero-order chi connectivity index (χ0) is 18.8. The van der Waals surface area contributed by atoms with Crippen LogP contribution >= 0.6 is 11.3 Å². The van der Waals surface area contributed by atoms with Gasteiger partial charge in [-0.1, -0.05) is 48.5 Å². The first-order valence-corrected chi connectivity index (χ1v) is 9.93. The molecule has 3 nitrogen and oxygen atoms in total. The summed E-state index contributed by atoms with van der Waals surface area (Å²) in [7, 11) is -1.53. The molecule has 0 atom stereocenters. The summed E-state index contributed by atoms with van der Waals surface area (Å²) < 4.78 is 2.00. The van der Waals surface area contributed by atoms with Gasteiger partial charge >= 0.3 is 7.12 Å². The Morgan fingerprint density at radius 3 is 1.82 bits per heavy atom. The summed E-state index contributed by atoms with van der Waals surface area (Å²) in [6, 6.07) is 21.5. The van der Waals surface area contributed by atoms with Gasteiger partial charge in [-0.05, 0) is 44.5 Å². The predicted molar refractivity (Wildman–Crippen MR) is 119 cm³/mol. The second kappa shape index (κ2) is 5.75. The molecule has 28 heavy (non-hydrogen) atoms. The van der Waals surface area contributed by atoms with Gasteiger partial charge in [0.25, 0.3) is 0 Å². The molecule has 0 unspecified atom stereocenters. The smallest absolute Gasteiger partial charge is 0.423 e. The molecule has 2 N–H and O–H groups in total. The highest BCUT2D eigenvalue weighted by atomic mass is 32.1. The Morgan fingerprint density at radius 1 is 0.643 bits per heavy atom. The number of fused-ring (bicyclic) bond motifs is 9. The van der Waals surface area contributed by atoms with Gasteiger partial charge in [-0.25, -0.2) is 0 Å². The molecule has 4 aromatic carbocycles. The third kappa shape index (κ3) is 2.09. The molecule has 0 saturated carbocycles. The molecule has 132 valence electrons. The molecule has 0 aliphatic carbocycles. The highest BCUT2D eigenvalue weighted by molar-refractivity contribution is 7.27. The molecule has 0 radical (unpaired) electrons. The van der Waals surface area contributed by atoms with Crippen LogP contribution in [0.3, 0.4) is 0 Å². The lowest BCUT2D eigenvalue weighted by Crippen LogP contribution is -2.30. The Morgan fingerprint density at radius 2 is 1.21 bits per heavy atom. The van der Waals surface area contributed by atoms with E-state index >= 15 is 0 Å². The zero-order valence-electron chi connectivity index (χ0n) is 14.8. The minimum Gasteiger partial charge on any atom is -0.423 e. The van der Waals surface area contributed by atoms with E-state index in [2.05, 4.69) is 65.6 Å². The quantitative estimate of drug-likeness (QED) is 0.325. The average molecular weight is 379 g/mol. The van der Waals surface area contributed by atoms with Gasteiger partial charge in [0.1, 0.15) is 0 Å². The first-order valence-electron chi connectivity index (χ1n) is 9.12. The fourth-order valence-electron chi connectivity index (χ4n) is 4.29. The maximum absolute atomic E-state index is 9.74. The third-order valence-corrected chi connectivity index (χ3v) is 6.77. The van der Waals surface area contributed by atoms with Crippen LogP contribution in [0.25, 0.3) is 52.5 Å². The second-order valence-electron chi connectivity index (χ2n) is 7.07. The normalized spacial score (nSPS) is 11.9. The number of benzene rings is 4. The molecule has 0 saturated heterocycles. The van der Waals surface area contributed by atoms with Crippen molar-refractivity contribution in [2.24, 2.45) is 0 Å². The summed E-state index contributed by atoms with van der Waals surface area (Å²) in [5, 5.41) is 28.9. The van der Waals surface area contributed by atoms with Crippen molar-refractivity contribution >= 4 is 76.4 Å². The first kappa shape index (κ1) is 16.0. The molecule has 6 aromatic rings. The van der Waals surface area contributed by atoms with E-state index in [0.29, 0.717) is 5.46 Å². The number of nitrogens with zero attached hydrogens (tertiary/aromatic N) is 1. The first-order chi connectivity index (χ1) is 13.7. The van der Waals surface area contributed by atoms with Gasteiger partial charge in [-0.15, -0.1) is 11.3 Å². The predicted octanol–water partition coefficient (Wildman–Crippen LogP) is 4.59. The maximum Gasteiger partial charge on any atom is 0.491 e. The summed E-state index contributed by atoms with van der Waals surface area (Å²) in [6.45, 7) is 0. The number of pyridine rings is 1. The van der Waals surface area contributed by atoms with Crippen LogP contribution < -0.4 is 5.46 Å². The van der Waals surface area contributed by atoms with Crippen molar-refractivity contribution in [3.8, 4) is 0 Å². The largest absolute Gasteiger partial charge is 0.491 e. The van der Waals surface area contributed by atoms with E-state index in [-0.39, 0.29) is 0 Å². The van der Waals surface area contributed by atoms with E-state index < -0.39 is 7.12 Å². The van der Waals surface area contributed by atoms with E-state index in [1.807, 2.05) is 6.20 Å². The van der Waals surface area contributed by atoms with Crippen molar-refractivity contribution in [2.75, 3.05) is 0 Å². The third-order valence-electron chi connectivity index (χ3n) is 5.55. The summed E-state index contributed by atoms with van der Waals surface area (Å²) in [6.07, 6.45) is 3.35. The van der Waals surface area contributed by atoms with Gasteiger partial charge in [0.15, 0.2) is 0 Å². The molecule has 2 heterocycles. The molecule has 5 heteroatoms. The van der Waals surface area contributed by atoms with Gasteiger partial charge < -0.3 is 10.0 Å². The van der Waals surface area contributed by atoms with Crippen LogP contribution in [-0.2, 0) is 0 Å². The van der Waals surface area contributed by atoms with Crippen molar-refractivity contribution in [3.05, 3.63) is 73.1 Å². The average Bonchev–Trinajstić information content (AvgIpc) is 3.10. The van der Waals surface area contributed by atoms with Crippen LogP contribution in [0, 0.1) is 0 Å². The summed E-state index contributed by atoms with van der Waals surface area (Å²) in [5.41, 5.74) is 0.456. The Kier molecular flexibility index (Phi) is 3.29. The molecule has 0 fully saturated rings. The van der Waals surface area contributed by atoms with E-state index in [4.69, 9.17) is 0 Å². The van der Waals surface area contributed by atoms with E-state index in [0.717, 1.165) is 20.2 Å². The van der Waals surface area contributed by atoms with E-state index in [1.165, 1.54) is 38.5 Å². The lowest BCUT2D eigenvalue weighted by atomic mass is 9.81. The van der Waals surface area contributed by atoms with Crippen LogP contribution in [0.4, 0.5) is 0 Å². The van der Waals surface area contributed by atoms with Crippen LogP contribution in [0.5, 0.6) is 0 Å². The van der Waals surface area contributed by atoms with Gasteiger partial charge in [0.05, 0.1) is 0 Å². The number of hydrogen-bond acceptors (Lipinski definition) is 4. The lowest BCUT2D eigenvalue weighted by molar-refractivity contribution is 0.426. The summed E-state index contributed by atoms with van der Waals surface area (Å²) in [5.74, 6) is 0.